The lowest BCUT2D eigenvalue weighted by molar-refractivity contribution is 0.0988. The monoisotopic (exact) mass is 848 g/mol. The Kier molecular flexibility index (Phi) is 10.6. The van der Waals surface area contributed by atoms with E-state index in [1.165, 1.54) is 0 Å². The molecule has 1 aromatic heterocycles. The molecule has 0 radical (unpaired) electrons. The standard InChI is InChI=1S/C57H48N6O2/c1-31(2)42-15-12-16-43(32(3)4)52(42)62-51(18-17-44-54(64)47-27-38-13-10-11-14-39(38)28-48(47)55(44)65)63(57-56(62)60-49(29-58)50(30-59)61-57)53-45(40-21-33(5)19-34(6)22-40)25-37(9)26-46(53)41-23-35(7)20-36(8)24-41/h10-28,31-32H,1-9H3/b51-18+. The number of aromatic nitrogens is 2. The molecule has 0 bridgehead atoms. The predicted octanol–water partition coefficient (Wildman–Crippen LogP) is 13.6. The van der Waals surface area contributed by atoms with Crippen molar-refractivity contribution in [3.05, 3.63) is 188 Å². The Morgan fingerprint density at radius 3 is 1.34 bits per heavy atom. The molecule has 1 aliphatic carbocycles. The van der Waals surface area contributed by atoms with Crippen molar-refractivity contribution in [1.82, 2.24) is 9.97 Å². The second-order valence-corrected chi connectivity index (χ2v) is 18.0. The van der Waals surface area contributed by atoms with E-state index in [1.807, 2.05) is 40.1 Å². The van der Waals surface area contributed by atoms with E-state index in [0.717, 1.165) is 83.3 Å². The summed E-state index contributed by atoms with van der Waals surface area (Å²) >= 11 is 0. The quantitative estimate of drug-likeness (QED) is 0.115. The van der Waals surface area contributed by atoms with Crippen LogP contribution in [-0.4, -0.2) is 21.5 Å². The number of ketones is 2. The first-order chi connectivity index (χ1) is 31.2. The minimum absolute atomic E-state index is 0.0317. The van der Waals surface area contributed by atoms with Gasteiger partial charge < -0.3 is 0 Å². The molecule has 0 atom stereocenters. The molecule has 9 rings (SSSR count). The van der Waals surface area contributed by atoms with Gasteiger partial charge in [0.05, 0.1) is 16.9 Å². The van der Waals surface area contributed by atoms with Gasteiger partial charge in [-0.15, -0.1) is 0 Å². The molecule has 0 unspecified atom stereocenters. The van der Waals surface area contributed by atoms with Gasteiger partial charge in [-0.3, -0.25) is 19.4 Å². The van der Waals surface area contributed by atoms with Crippen molar-refractivity contribution in [2.24, 2.45) is 0 Å². The van der Waals surface area contributed by atoms with Gasteiger partial charge in [-0.1, -0.05) is 129 Å². The average Bonchev–Trinajstić information content (AvgIpc) is 3.70. The fourth-order valence-corrected chi connectivity index (χ4v) is 9.59. The van der Waals surface area contributed by atoms with Crippen LogP contribution in [0.25, 0.3) is 33.0 Å². The molecule has 1 aliphatic heterocycles. The first-order valence-corrected chi connectivity index (χ1v) is 22.0. The van der Waals surface area contributed by atoms with Gasteiger partial charge >= 0.3 is 0 Å². The number of aryl methyl sites for hydroxylation is 5. The number of fused-ring (bicyclic) bond motifs is 3. The Bertz CT molecular complexity index is 3160. The number of Topliss-reactive ketones (excluding diaryl/α,β-unsaturated/α-hetero) is 2. The molecule has 8 nitrogen and oxygen atoms in total. The van der Waals surface area contributed by atoms with Gasteiger partial charge in [-0.05, 0) is 121 Å². The highest BCUT2D eigenvalue weighted by Gasteiger charge is 2.42. The maximum Gasteiger partial charge on any atom is 0.197 e. The molecular formula is C57H48N6O2. The van der Waals surface area contributed by atoms with Gasteiger partial charge in [0, 0.05) is 22.3 Å². The van der Waals surface area contributed by atoms with Gasteiger partial charge in [-0.25, -0.2) is 9.97 Å². The maximum atomic E-state index is 14.4. The maximum absolute atomic E-state index is 14.4. The number of benzene rings is 6. The third kappa shape index (κ3) is 7.28. The third-order valence-electron chi connectivity index (χ3n) is 12.3. The number of carbonyl (C=O) groups excluding carboxylic acids is 2. The average molecular weight is 849 g/mol. The van der Waals surface area contributed by atoms with Crippen molar-refractivity contribution in [1.29, 1.82) is 10.5 Å². The summed E-state index contributed by atoms with van der Waals surface area (Å²) in [4.78, 5) is 43.0. The van der Waals surface area contributed by atoms with Crippen LogP contribution in [0.15, 0.2) is 127 Å². The molecule has 0 saturated heterocycles. The third-order valence-corrected chi connectivity index (χ3v) is 12.3. The molecule has 8 heteroatoms. The van der Waals surface area contributed by atoms with E-state index in [2.05, 4.69) is 141 Å². The van der Waals surface area contributed by atoms with E-state index in [-0.39, 0.29) is 40.4 Å². The van der Waals surface area contributed by atoms with E-state index >= 15 is 0 Å². The van der Waals surface area contributed by atoms with E-state index in [0.29, 0.717) is 28.6 Å². The van der Waals surface area contributed by atoms with Crippen molar-refractivity contribution < 1.29 is 9.59 Å². The predicted molar refractivity (Wildman–Crippen MR) is 260 cm³/mol. The van der Waals surface area contributed by atoms with Crippen LogP contribution in [0.5, 0.6) is 0 Å². The zero-order valence-corrected chi connectivity index (χ0v) is 38.1. The van der Waals surface area contributed by atoms with Crippen LogP contribution in [0, 0.1) is 57.3 Å². The minimum atomic E-state index is -0.358. The topological polar surface area (TPSA) is 114 Å². The van der Waals surface area contributed by atoms with Crippen LogP contribution in [-0.2, 0) is 0 Å². The van der Waals surface area contributed by atoms with Crippen LogP contribution >= 0.6 is 0 Å². The van der Waals surface area contributed by atoms with Gasteiger partial charge in [-0.2, -0.15) is 10.5 Å². The summed E-state index contributed by atoms with van der Waals surface area (Å²) in [6, 6.07) is 39.2. The number of nitriles is 2. The molecule has 0 spiro atoms. The fourth-order valence-electron chi connectivity index (χ4n) is 9.59. The molecule has 65 heavy (non-hydrogen) atoms. The number of nitrogens with zero attached hydrogens (tertiary/aromatic N) is 6. The minimum Gasteiger partial charge on any atom is -0.288 e. The normalized spacial score (nSPS) is 13.9. The van der Waals surface area contributed by atoms with Gasteiger partial charge in [0.2, 0.25) is 0 Å². The molecule has 0 N–H and O–H groups in total. The Morgan fingerprint density at radius 2 is 0.923 bits per heavy atom. The van der Waals surface area contributed by atoms with Crippen LogP contribution in [0.4, 0.5) is 23.0 Å². The highest BCUT2D eigenvalue weighted by atomic mass is 16.2. The number of anilines is 4. The van der Waals surface area contributed by atoms with Gasteiger partial charge in [0.25, 0.3) is 0 Å². The second-order valence-electron chi connectivity index (χ2n) is 18.0. The number of allylic oxidation sites excluding steroid dienone is 3. The van der Waals surface area contributed by atoms with Crippen LogP contribution in [0.1, 0.15) is 111 Å². The molecule has 0 fully saturated rings. The summed E-state index contributed by atoms with van der Waals surface area (Å²) in [5.41, 5.74) is 13.3. The number of rotatable bonds is 7. The van der Waals surface area contributed by atoms with E-state index in [1.54, 1.807) is 18.2 Å². The Balaban J connectivity index is 1.45. The Labute approximate surface area is 380 Å². The van der Waals surface area contributed by atoms with E-state index < -0.39 is 0 Å². The molecule has 6 aromatic carbocycles. The molecule has 2 aliphatic rings. The summed E-state index contributed by atoms with van der Waals surface area (Å²) in [6.45, 7) is 19.0. The van der Waals surface area contributed by atoms with Crippen molar-refractivity contribution in [3.63, 3.8) is 0 Å². The molecule has 0 saturated carbocycles. The van der Waals surface area contributed by atoms with Crippen LogP contribution in [0.3, 0.4) is 0 Å². The first-order valence-electron chi connectivity index (χ1n) is 22.0. The Morgan fingerprint density at radius 1 is 0.508 bits per heavy atom. The highest BCUT2D eigenvalue weighted by molar-refractivity contribution is 6.40. The number of para-hydroxylation sites is 1. The first kappa shape index (κ1) is 42.4. The lowest BCUT2D eigenvalue weighted by Crippen LogP contribution is -2.25. The summed E-state index contributed by atoms with van der Waals surface area (Å²) < 4.78 is 0. The summed E-state index contributed by atoms with van der Waals surface area (Å²) in [5, 5.41) is 22.8. The second kappa shape index (κ2) is 16.3. The van der Waals surface area contributed by atoms with Crippen LogP contribution < -0.4 is 9.80 Å². The smallest absolute Gasteiger partial charge is 0.197 e. The summed E-state index contributed by atoms with van der Waals surface area (Å²) in [7, 11) is 0. The highest BCUT2D eigenvalue weighted by Crippen LogP contribution is 2.55. The molecule has 0 amide bonds. The van der Waals surface area contributed by atoms with Gasteiger partial charge in [0.1, 0.15) is 18.0 Å². The van der Waals surface area contributed by atoms with E-state index in [4.69, 9.17) is 9.97 Å². The Hall–Kier alpha value is -7.94. The summed E-state index contributed by atoms with van der Waals surface area (Å²) in [5.74, 6) is 0.561. The molecule has 2 heterocycles. The summed E-state index contributed by atoms with van der Waals surface area (Å²) in [6.07, 6.45) is 3.44. The van der Waals surface area contributed by atoms with Gasteiger partial charge in [0.15, 0.2) is 34.6 Å². The lowest BCUT2D eigenvalue weighted by Gasteiger charge is -2.32. The zero-order chi connectivity index (χ0) is 46.0. The fraction of sp³-hybridized carbons (Fsp3) is 0.193. The lowest BCUT2D eigenvalue weighted by atomic mass is 9.90. The number of carbonyl (C=O) groups is 2. The zero-order valence-electron chi connectivity index (χ0n) is 38.1. The van der Waals surface area contributed by atoms with Crippen molar-refractivity contribution in [2.45, 2.75) is 74.1 Å². The van der Waals surface area contributed by atoms with Crippen molar-refractivity contribution >= 4 is 45.3 Å². The SMILES string of the molecule is Cc1cc(C)cc(-c2cc(C)cc(-c3cc(C)cc(C)c3)c2N2/C(=C/C=C3C(=O)c4cc5ccccc5cc4C3=O)N(c3c(C(C)C)cccc3C(C)C)c3nc(C#N)c(C#N)nc32)c1. The van der Waals surface area contributed by atoms with Crippen molar-refractivity contribution in [3.8, 4) is 34.4 Å². The van der Waals surface area contributed by atoms with Crippen LogP contribution in [0.2, 0.25) is 0 Å². The number of hydrogen-bond acceptors (Lipinski definition) is 8. The molecular weight excluding hydrogens is 801 g/mol. The molecule has 318 valence electrons. The molecule has 7 aromatic rings. The number of hydrogen-bond donors (Lipinski definition) is 0. The largest absolute Gasteiger partial charge is 0.288 e. The van der Waals surface area contributed by atoms with Crippen molar-refractivity contribution in [2.75, 3.05) is 9.80 Å². The van der Waals surface area contributed by atoms with E-state index in [9.17, 15) is 20.1 Å².